The monoisotopic (exact) mass is 522 g/mol. The lowest BCUT2D eigenvalue weighted by Crippen LogP contribution is -2.57. The van der Waals surface area contributed by atoms with Crippen LogP contribution in [0.15, 0.2) is 125 Å². The number of rotatable bonds is 6. The predicted molar refractivity (Wildman–Crippen MR) is 152 cm³/mol. The number of hydrogen-bond acceptors (Lipinski definition) is 4. The highest BCUT2D eigenvalue weighted by atomic mass is 35.6. The summed E-state index contributed by atoms with van der Waals surface area (Å²) in [5.74, 6) is 0.0245. The Morgan fingerprint density at radius 2 is 1.32 bits per heavy atom. The Labute approximate surface area is 219 Å². The van der Waals surface area contributed by atoms with Crippen molar-refractivity contribution >= 4 is 57.8 Å². The molecule has 8 heteroatoms. The Morgan fingerprint density at radius 3 is 1.95 bits per heavy atom. The van der Waals surface area contributed by atoms with E-state index in [1.807, 2.05) is 115 Å². The van der Waals surface area contributed by atoms with E-state index in [2.05, 4.69) is 15.2 Å². The summed E-state index contributed by atoms with van der Waals surface area (Å²) in [7, 11) is -3.30. The molecule has 0 unspecified atom stereocenters. The first-order valence-corrected chi connectivity index (χ1v) is 14.5. The SMILES string of the molecule is N=C(N=N/C(=C\c1c(O)[nH]c2ccccc12)c1ccccc1)O[Si](Cl)(c1ccccc1)c1ccccc1. The summed E-state index contributed by atoms with van der Waals surface area (Å²) < 4.78 is 6.07. The van der Waals surface area contributed by atoms with Crippen molar-refractivity contribution in [2.24, 2.45) is 10.2 Å². The van der Waals surface area contributed by atoms with Crippen LogP contribution < -0.4 is 10.4 Å². The summed E-state index contributed by atoms with van der Waals surface area (Å²) in [6.45, 7) is 0. The molecule has 5 aromatic rings. The molecule has 0 aliphatic carbocycles. The van der Waals surface area contributed by atoms with Crippen LogP contribution >= 0.6 is 11.1 Å². The Morgan fingerprint density at radius 1 is 0.784 bits per heavy atom. The first-order valence-electron chi connectivity index (χ1n) is 11.6. The minimum atomic E-state index is -3.30. The van der Waals surface area contributed by atoms with Gasteiger partial charge < -0.3 is 14.5 Å². The first-order chi connectivity index (χ1) is 18.0. The molecule has 0 fully saturated rings. The molecule has 0 amide bonds. The summed E-state index contributed by atoms with van der Waals surface area (Å²) in [6.07, 6.45) is 1.74. The normalized spacial score (nSPS) is 12.2. The van der Waals surface area contributed by atoms with Crippen molar-refractivity contribution in [3.05, 3.63) is 126 Å². The van der Waals surface area contributed by atoms with Gasteiger partial charge in [-0.25, -0.2) is 5.41 Å². The fraction of sp³-hybridized carbons (Fsp3) is 0. The number of H-pyrrole nitrogens is 1. The average molecular weight is 523 g/mol. The molecular formula is C29H23ClN4O2Si. The molecule has 0 aliphatic heterocycles. The summed E-state index contributed by atoms with van der Waals surface area (Å²) in [5, 5.41) is 30.0. The lowest BCUT2D eigenvalue weighted by Gasteiger charge is -2.24. The molecule has 1 heterocycles. The highest BCUT2D eigenvalue weighted by Crippen LogP contribution is 2.31. The van der Waals surface area contributed by atoms with Gasteiger partial charge in [0.05, 0.1) is 5.70 Å². The van der Waals surface area contributed by atoms with Crippen LogP contribution in [0.3, 0.4) is 0 Å². The number of hydrogen-bond donors (Lipinski definition) is 3. The van der Waals surface area contributed by atoms with Crippen molar-refractivity contribution in [3.63, 3.8) is 0 Å². The van der Waals surface area contributed by atoms with E-state index in [0.29, 0.717) is 11.3 Å². The van der Waals surface area contributed by atoms with Gasteiger partial charge in [0, 0.05) is 22.0 Å². The number of nitrogens with one attached hydrogen (secondary N) is 2. The Kier molecular flexibility index (Phi) is 6.98. The maximum Gasteiger partial charge on any atom is 0.416 e. The Bertz CT molecular complexity index is 1550. The second kappa shape index (κ2) is 10.7. The van der Waals surface area contributed by atoms with Gasteiger partial charge in [0.2, 0.25) is 0 Å². The largest absolute Gasteiger partial charge is 0.494 e. The van der Waals surface area contributed by atoms with Crippen molar-refractivity contribution in [2.75, 3.05) is 0 Å². The van der Waals surface area contributed by atoms with Crippen LogP contribution in [0.25, 0.3) is 22.7 Å². The molecule has 1 aromatic heterocycles. The van der Waals surface area contributed by atoms with E-state index in [4.69, 9.17) is 20.9 Å². The van der Waals surface area contributed by atoms with E-state index in [1.165, 1.54) is 0 Å². The number of aromatic hydroxyl groups is 1. The minimum absolute atomic E-state index is 0.0245. The van der Waals surface area contributed by atoms with Crippen LogP contribution in [0.5, 0.6) is 5.88 Å². The van der Waals surface area contributed by atoms with Crippen molar-refractivity contribution in [3.8, 4) is 5.88 Å². The Balaban J connectivity index is 1.51. The zero-order chi connectivity index (χ0) is 25.7. The number of azo groups is 1. The highest BCUT2D eigenvalue weighted by molar-refractivity contribution is 7.31. The van der Waals surface area contributed by atoms with E-state index < -0.39 is 13.6 Å². The summed E-state index contributed by atoms with van der Waals surface area (Å²) in [4.78, 5) is 2.98. The van der Waals surface area contributed by atoms with Crippen molar-refractivity contribution in [1.29, 1.82) is 5.41 Å². The third-order valence-corrected chi connectivity index (χ3v) is 10.0. The second-order valence-electron chi connectivity index (χ2n) is 8.26. The van der Waals surface area contributed by atoms with E-state index in [9.17, 15) is 5.11 Å². The maximum absolute atomic E-state index is 10.6. The van der Waals surface area contributed by atoms with E-state index >= 15 is 0 Å². The zero-order valence-corrected chi connectivity index (χ0v) is 21.4. The van der Waals surface area contributed by atoms with Crippen LogP contribution in [-0.4, -0.2) is 23.7 Å². The molecule has 37 heavy (non-hydrogen) atoms. The minimum Gasteiger partial charge on any atom is -0.494 e. The number of aromatic amines is 1. The summed E-state index contributed by atoms with van der Waals surface area (Å²) in [5.41, 5.74) is 2.60. The molecule has 4 aromatic carbocycles. The van der Waals surface area contributed by atoms with Crippen molar-refractivity contribution in [2.45, 2.75) is 0 Å². The molecule has 0 radical (unpaired) electrons. The van der Waals surface area contributed by atoms with Gasteiger partial charge in [-0.3, -0.25) is 0 Å². The van der Waals surface area contributed by atoms with Gasteiger partial charge in [0.15, 0.2) is 5.88 Å². The molecule has 0 spiro atoms. The van der Waals surface area contributed by atoms with Crippen LogP contribution in [0.2, 0.25) is 0 Å². The molecule has 182 valence electrons. The lowest BCUT2D eigenvalue weighted by atomic mass is 10.1. The molecule has 0 saturated carbocycles. The number of para-hydroxylation sites is 1. The third kappa shape index (κ3) is 5.23. The second-order valence-corrected chi connectivity index (χ2v) is 12.4. The van der Waals surface area contributed by atoms with Gasteiger partial charge in [-0.2, -0.15) is 0 Å². The number of amidine groups is 1. The molecule has 3 N–H and O–H groups in total. The smallest absolute Gasteiger partial charge is 0.416 e. The summed E-state index contributed by atoms with van der Waals surface area (Å²) >= 11 is 7.14. The average Bonchev–Trinajstić information content (AvgIpc) is 3.26. The molecule has 0 atom stereocenters. The van der Waals surface area contributed by atoms with Gasteiger partial charge in [-0.05, 0) is 22.5 Å². The van der Waals surface area contributed by atoms with E-state index in [-0.39, 0.29) is 5.88 Å². The van der Waals surface area contributed by atoms with Gasteiger partial charge in [0.25, 0.3) is 0 Å². The highest BCUT2D eigenvalue weighted by Gasteiger charge is 2.41. The maximum atomic E-state index is 10.6. The number of fused-ring (bicyclic) bond motifs is 1. The van der Waals surface area contributed by atoms with Crippen molar-refractivity contribution < 1.29 is 9.53 Å². The number of aromatic nitrogens is 1. The van der Waals surface area contributed by atoms with Crippen molar-refractivity contribution in [1.82, 2.24) is 4.98 Å². The predicted octanol–water partition coefficient (Wildman–Crippen LogP) is 6.27. The fourth-order valence-corrected chi connectivity index (χ4v) is 7.15. The number of halogens is 1. The zero-order valence-electron chi connectivity index (χ0n) is 19.7. The van der Waals surface area contributed by atoms with Crippen LogP contribution in [-0.2, 0) is 4.43 Å². The standard InChI is InChI=1S/C29H23ClN4O2Si/c30-37(22-14-6-2-7-15-22,23-16-8-3-9-17-23)36-29(31)34-33-27(21-12-4-1-5-13-21)20-25-24-18-10-11-19-26(24)32-28(25)35/h1-20,31-32,35H/b27-20-,31-29?,34-33?. The van der Waals surface area contributed by atoms with Gasteiger partial charge >= 0.3 is 13.6 Å². The van der Waals surface area contributed by atoms with Gasteiger partial charge in [0.1, 0.15) is 0 Å². The van der Waals surface area contributed by atoms with E-state index in [0.717, 1.165) is 26.8 Å². The number of benzene rings is 4. The number of nitrogens with zero attached hydrogens (tertiary/aromatic N) is 2. The summed E-state index contributed by atoms with van der Waals surface area (Å²) in [6, 6.07) is 35.6. The van der Waals surface area contributed by atoms with E-state index in [1.54, 1.807) is 6.08 Å². The quantitative estimate of drug-likeness (QED) is 0.0805. The van der Waals surface area contributed by atoms with Gasteiger partial charge in [-0.1, -0.05) is 114 Å². The first kappa shape index (κ1) is 24.2. The van der Waals surface area contributed by atoms with Gasteiger partial charge in [-0.15, -0.1) is 16.2 Å². The van der Waals surface area contributed by atoms with Crippen LogP contribution in [0, 0.1) is 5.41 Å². The fourth-order valence-electron chi connectivity index (χ4n) is 4.05. The van der Waals surface area contributed by atoms with Crippen LogP contribution in [0.1, 0.15) is 11.1 Å². The lowest BCUT2D eigenvalue weighted by molar-refractivity contribution is 0.457. The molecular weight excluding hydrogens is 500 g/mol. The topological polar surface area (TPSA) is 93.8 Å². The molecule has 6 nitrogen and oxygen atoms in total. The Hall–Kier alpha value is -4.46. The molecule has 0 bridgehead atoms. The molecule has 5 rings (SSSR count). The van der Waals surface area contributed by atoms with Crippen LogP contribution in [0.4, 0.5) is 0 Å². The molecule has 0 saturated heterocycles. The molecule has 0 aliphatic rings. The third-order valence-electron chi connectivity index (χ3n) is 5.85.